The molecule has 1 aliphatic heterocycles. The summed E-state index contributed by atoms with van der Waals surface area (Å²) in [5.74, 6) is -1.20. The van der Waals surface area contributed by atoms with Crippen LogP contribution in [0.2, 0.25) is 0 Å². The molecule has 0 spiro atoms. The molecule has 1 heterocycles. The normalized spacial score (nSPS) is 23.5. The van der Waals surface area contributed by atoms with Gasteiger partial charge in [0.15, 0.2) is 11.6 Å². The van der Waals surface area contributed by atoms with Crippen LogP contribution in [-0.4, -0.2) is 36.2 Å². The number of halogens is 1. The number of ether oxygens (including phenoxy) is 1. The fraction of sp³-hybridized carbons (Fsp3) is 0.500. The van der Waals surface area contributed by atoms with E-state index in [9.17, 15) is 9.18 Å². The number of likely N-dealkylation sites (tertiary alicyclic amines) is 1. The second-order valence-electron chi connectivity index (χ2n) is 5.05. The van der Waals surface area contributed by atoms with Gasteiger partial charge in [0.25, 0.3) is 0 Å². The first kappa shape index (κ1) is 13.8. The maximum Gasteiger partial charge on any atom is 0.308 e. The first-order valence-corrected chi connectivity index (χ1v) is 6.29. The Bertz CT molecular complexity index is 478. The quantitative estimate of drug-likeness (QED) is 0.906. The molecule has 0 aromatic heterocycles. The summed E-state index contributed by atoms with van der Waals surface area (Å²) >= 11 is 0. The maximum atomic E-state index is 14.0. The molecule has 2 atom stereocenters. The number of carboxylic acid groups (broad SMARTS) is 1. The van der Waals surface area contributed by atoms with Crippen LogP contribution >= 0.6 is 0 Å². The van der Waals surface area contributed by atoms with Gasteiger partial charge in [0, 0.05) is 25.2 Å². The number of aliphatic carboxylic acids is 1. The van der Waals surface area contributed by atoms with Gasteiger partial charge in [-0.05, 0) is 12.0 Å². The first-order valence-electron chi connectivity index (χ1n) is 6.29. The summed E-state index contributed by atoms with van der Waals surface area (Å²) in [7, 11) is 1.43. The van der Waals surface area contributed by atoms with Gasteiger partial charge in [0.1, 0.15) is 0 Å². The predicted molar refractivity (Wildman–Crippen MR) is 68.5 cm³/mol. The summed E-state index contributed by atoms with van der Waals surface area (Å²) in [4.78, 5) is 13.0. The van der Waals surface area contributed by atoms with Crippen LogP contribution in [0.1, 0.15) is 12.5 Å². The summed E-state index contributed by atoms with van der Waals surface area (Å²) in [5, 5.41) is 9.08. The molecule has 0 unspecified atom stereocenters. The van der Waals surface area contributed by atoms with Crippen molar-refractivity contribution in [3.05, 3.63) is 29.6 Å². The van der Waals surface area contributed by atoms with E-state index in [1.165, 1.54) is 7.11 Å². The third-order valence-corrected chi connectivity index (χ3v) is 3.66. The minimum absolute atomic E-state index is 0.0890. The second kappa shape index (κ2) is 5.57. The van der Waals surface area contributed by atoms with Crippen molar-refractivity contribution in [2.75, 3.05) is 20.2 Å². The van der Waals surface area contributed by atoms with E-state index >= 15 is 0 Å². The standard InChI is InChI=1S/C14H18FNO3/c1-9-6-16(8-11(9)14(17)18)7-10-4-3-5-12(19-2)13(10)15/h3-5,9,11H,6-8H2,1-2H3,(H,17,18)/t9-,11-/m1/s1. The monoisotopic (exact) mass is 267 g/mol. The molecule has 4 nitrogen and oxygen atoms in total. The first-order chi connectivity index (χ1) is 9.02. The molecule has 5 heteroatoms. The van der Waals surface area contributed by atoms with Crippen LogP contribution in [0.25, 0.3) is 0 Å². The van der Waals surface area contributed by atoms with E-state index in [0.717, 1.165) is 0 Å². The number of carboxylic acids is 1. The predicted octanol–water partition coefficient (Wildman–Crippen LogP) is 1.99. The van der Waals surface area contributed by atoms with Crippen molar-refractivity contribution in [1.82, 2.24) is 4.90 Å². The molecule has 1 fully saturated rings. The van der Waals surface area contributed by atoms with Gasteiger partial charge < -0.3 is 9.84 Å². The summed E-state index contributed by atoms with van der Waals surface area (Å²) in [6.07, 6.45) is 0. The van der Waals surface area contributed by atoms with E-state index in [1.54, 1.807) is 18.2 Å². The van der Waals surface area contributed by atoms with E-state index in [-0.39, 0.29) is 23.4 Å². The fourth-order valence-corrected chi connectivity index (χ4v) is 2.59. The molecule has 104 valence electrons. The van der Waals surface area contributed by atoms with Gasteiger partial charge in [-0.1, -0.05) is 19.1 Å². The summed E-state index contributed by atoms with van der Waals surface area (Å²) in [5.41, 5.74) is 0.539. The molecule has 0 amide bonds. The second-order valence-corrected chi connectivity index (χ2v) is 5.05. The molecule has 0 saturated carbocycles. The topological polar surface area (TPSA) is 49.8 Å². The Morgan fingerprint density at radius 3 is 2.84 bits per heavy atom. The van der Waals surface area contributed by atoms with Gasteiger partial charge in [-0.3, -0.25) is 9.69 Å². The summed E-state index contributed by atoms with van der Waals surface area (Å²) < 4.78 is 19.0. The van der Waals surface area contributed by atoms with Gasteiger partial charge in [0.05, 0.1) is 13.0 Å². The number of carbonyl (C=O) groups is 1. The van der Waals surface area contributed by atoms with Crippen LogP contribution in [0.15, 0.2) is 18.2 Å². The van der Waals surface area contributed by atoms with Gasteiger partial charge in [-0.15, -0.1) is 0 Å². The molecule has 1 N–H and O–H groups in total. The molecular weight excluding hydrogens is 249 g/mol. The van der Waals surface area contributed by atoms with Gasteiger partial charge in [-0.2, -0.15) is 0 Å². The lowest BCUT2D eigenvalue weighted by molar-refractivity contribution is -0.142. The van der Waals surface area contributed by atoms with E-state index < -0.39 is 5.97 Å². The maximum absolute atomic E-state index is 14.0. The number of hydrogen-bond donors (Lipinski definition) is 1. The van der Waals surface area contributed by atoms with Gasteiger partial charge in [-0.25, -0.2) is 4.39 Å². The molecule has 1 aromatic rings. The fourth-order valence-electron chi connectivity index (χ4n) is 2.59. The van der Waals surface area contributed by atoms with Crippen molar-refractivity contribution in [2.24, 2.45) is 11.8 Å². The SMILES string of the molecule is COc1cccc(CN2C[C@@H](C)[C@H](C(=O)O)C2)c1F. The average Bonchev–Trinajstić information content (AvgIpc) is 2.73. The molecule has 0 bridgehead atoms. The third kappa shape index (κ3) is 2.87. The Hall–Kier alpha value is -1.62. The molecule has 1 aromatic carbocycles. The molecule has 1 saturated heterocycles. The molecule has 19 heavy (non-hydrogen) atoms. The van der Waals surface area contributed by atoms with Gasteiger partial charge >= 0.3 is 5.97 Å². The highest BCUT2D eigenvalue weighted by Gasteiger charge is 2.34. The largest absolute Gasteiger partial charge is 0.494 e. The summed E-state index contributed by atoms with van der Waals surface area (Å²) in [6.45, 7) is 3.47. The van der Waals surface area contributed by atoms with Crippen molar-refractivity contribution in [2.45, 2.75) is 13.5 Å². The lowest BCUT2D eigenvalue weighted by Gasteiger charge is -2.16. The van der Waals surface area contributed by atoms with E-state index in [1.807, 2.05) is 11.8 Å². The lowest BCUT2D eigenvalue weighted by Crippen LogP contribution is -2.23. The molecule has 0 aliphatic carbocycles. The molecule has 2 rings (SSSR count). The van der Waals surface area contributed by atoms with Crippen LogP contribution in [0.5, 0.6) is 5.75 Å². The minimum atomic E-state index is -0.777. The van der Waals surface area contributed by atoms with Crippen LogP contribution in [0.4, 0.5) is 4.39 Å². The van der Waals surface area contributed by atoms with Crippen LogP contribution in [0, 0.1) is 17.7 Å². The average molecular weight is 267 g/mol. The van der Waals surface area contributed by atoms with Gasteiger partial charge in [0.2, 0.25) is 0 Å². The zero-order valence-corrected chi connectivity index (χ0v) is 11.1. The highest BCUT2D eigenvalue weighted by Crippen LogP contribution is 2.27. The van der Waals surface area contributed by atoms with Crippen molar-refractivity contribution >= 4 is 5.97 Å². The molecular formula is C14H18FNO3. The number of methoxy groups -OCH3 is 1. The zero-order chi connectivity index (χ0) is 14.0. The van der Waals surface area contributed by atoms with Crippen LogP contribution in [-0.2, 0) is 11.3 Å². The number of benzene rings is 1. The Labute approximate surface area is 111 Å². The Morgan fingerprint density at radius 1 is 1.53 bits per heavy atom. The minimum Gasteiger partial charge on any atom is -0.494 e. The highest BCUT2D eigenvalue weighted by molar-refractivity contribution is 5.71. The van der Waals surface area contributed by atoms with Crippen molar-refractivity contribution in [3.63, 3.8) is 0 Å². The zero-order valence-electron chi connectivity index (χ0n) is 11.1. The van der Waals surface area contributed by atoms with Crippen molar-refractivity contribution in [1.29, 1.82) is 0 Å². The highest BCUT2D eigenvalue weighted by atomic mass is 19.1. The molecule has 0 radical (unpaired) electrons. The van der Waals surface area contributed by atoms with Crippen LogP contribution < -0.4 is 4.74 Å². The Kier molecular flexibility index (Phi) is 4.04. The number of rotatable bonds is 4. The lowest BCUT2D eigenvalue weighted by atomic mass is 9.99. The van der Waals surface area contributed by atoms with Crippen molar-refractivity contribution < 1.29 is 19.0 Å². The Balaban J connectivity index is 2.09. The van der Waals surface area contributed by atoms with E-state index in [2.05, 4.69) is 0 Å². The smallest absolute Gasteiger partial charge is 0.308 e. The van der Waals surface area contributed by atoms with Crippen LogP contribution in [0.3, 0.4) is 0 Å². The Morgan fingerprint density at radius 2 is 2.26 bits per heavy atom. The third-order valence-electron chi connectivity index (χ3n) is 3.66. The van der Waals surface area contributed by atoms with E-state index in [0.29, 0.717) is 25.2 Å². The molecule has 1 aliphatic rings. The van der Waals surface area contributed by atoms with E-state index in [4.69, 9.17) is 9.84 Å². The summed E-state index contributed by atoms with van der Waals surface area (Å²) in [6, 6.07) is 5.02. The number of hydrogen-bond acceptors (Lipinski definition) is 3. The number of nitrogens with zero attached hydrogens (tertiary/aromatic N) is 1. The van der Waals surface area contributed by atoms with Crippen molar-refractivity contribution in [3.8, 4) is 5.75 Å².